The lowest BCUT2D eigenvalue weighted by molar-refractivity contribution is -0.0662. The molecule has 0 N–H and O–H groups in total. The molecular formula is C18H33N. The molecule has 0 radical (unpaired) electrons. The highest BCUT2D eigenvalue weighted by molar-refractivity contribution is 5.01. The normalized spacial score (nSPS) is 45.3. The molecule has 0 bridgehead atoms. The molecule has 0 amide bonds. The van der Waals surface area contributed by atoms with Crippen LogP contribution in [0.4, 0.5) is 0 Å². The Hall–Kier alpha value is -0.0400. The fraction of sp³-hybridized carbons (Fsp3) is 1.00. The maximum absolute atomic E-state index is 2.82. The van der Waals surface area contributed by atoms with Gasteiger partial charge in [-0.1, -0.05) is 27.7 Å². The van der Waals surface area contributed by atoms with Gasteiger partial charge in [-0.25, -0.2) is 0 Å². The Morgan fingerprint density at radius 2 is 1.21 bits per heavy atom. The molecule has 0 aromatic carbocycles. The van der Waals surface area contributed by atoms with Gasteiger partial charge in [-0.3, -0.25) is 4.90 Å². The lowest BCUT2D eigenvalue weighted by Gasteiger charge is -2.57. The van der Waals surface area contributed by atoms with Gasteiger partial charge in [0, 0.05) is 12.1 Å². The molecule has 0 aromatic rings. The molecule has 0 spiro atoms. The van der Waals surface area contributed by atoms with Crippen molar-refractivity contribution in [2.75, 3.05) is 7.05 Å². The number of hydrogen-bond donors (Lipinski definition) is 0. The van der Waals surface area contributed by atoms with Crippen LogP contribution in [0.15, 0.2) is 0 Å². The third-order valence-electron chi connectivity index (χ3n) is 6.65. The first-order valence-electron chi connectivity index (χ1n) is 8.49. The number of piperidine rings is 1. The van der Waals surface area contributed by atoms with E-state index in [-0.39, 0.29) is 0 Å². The fourth-order valence-electron chi connectivity index (χ4n) is 5.34. The van der Waals surface area contributed by atoms with Gasteiger partial charge in [-0.05, 0) is 74.7 Å². The molecule has 4 atom stereocenters. The number of likely N-dealkylation sites (tertiary alicyclic amines) is 1. The standard InChI is InChI=1S/C18H33N/c1-17(2)8-6-13-10-14-7-9-18(3,4)12-16(14)19(5)15(13)11-17/h13-16H,6-12H2,1-5H3/t13-,14-,15-,16-/m0/s1. The van der Waals surface area contributed by atoms with Crippen LogP contribution in [0.3, 0.4) is 0 Å². The van der Waals surface area contributed by atoms with E-state index in [0.717, 1.165) is 23.9 Å². The second-order valence-electron chi connectivity index (χ2n) is 9.37. The molecule has 2 saturated carbocycles. The van der Waals surface area contributed by atoms with Gasteiger partial charge in [0.25, 0.3) is 0 Å². The van der Waals surface area contributed by atoms with E-state index in [2.05, 4.69) is 39.6 Å². The lowest BCUT2D eigenvalue weighted by atomic mass is 9.60. The van der Waals surface area contributed by atoms with Crippen molar-refractivity contribution in [3.63, 3.8) is 0 Å². The summed E-state index contributed by atoms with van der Waals surface area (Å²) in [6.07, 6.45) is 10.3. The minimum Gasteiger partial charge on any atom is -0.300 e. The molecule has 0 unspecified atom stereocenters. The zero-order chi connectivity index (χ0) is 13.8. The quantitative estimate of drug-likeness (QED) is 0.611. The van der Waals surface area contributed by atoms with Crippen molar-refractivity contribution in [2.45, 2.75) is 84.7 Å². The zero-order valence-electron chi connectivity index (χ0n) is 13.7. The van der Waals surface area contributed by atoms with E-state index in [9.17, 15) is 0 Å². The summed E-state index contributed by atoms with van der Waals surface area (Å²) in [5.74, 6) is 2.00. The first-order valence-corrected chi connectivity index (χ1v) is 8.49. The van der Waals surface area contributed by atoms with Gasteiger partial charge in [0.2, 0.25) is 0 Å². The van der Waals surface area contributed by atoms with E-state index in [4.69, 9.17) is 0 Å². The Morgan fingerprint density at radius 3 is 1.63 bits per heavy atom. The smallest absolute Gasteiger partial charge is 0.0129 e. The second kappa shape index (κ2) is 4.48. The molecule has 3 rings (SSSR count). The Morgan fingerprint density at radius 1 is 0.789 bits per heavy atom. The molecular weight excluding hydrogens is 230 g/mol. The molecule has 1 saturated heterocycles. The van der Waals surface area contributed by atoms with Crippen molar-refractivity contribution < 1.29 is 0 Å². The van der Waals surface area contributed by atoms with Gasteiger partial charge in [0.05, 0.1) is 0 Å². The summed E-state index contributed by atoms with van der Waals surface area (Å²) in [5, 5.41) is 0. The van der Waals surface area contributed by atoms with Crippen molar-refractivity contribution in [1.82, 2.24) is 4.90 Å². The minimum atomic E-state index is 0.576. The summed E-state index contributed by atoms with van der Waals surface area (Å²) in [5.41, 5.74) is 1.15. The van der Waals surface area contributed by atoms with E-state index in [1.807, 2.05) is 0 Å². The number of fused-ring (bicyclic) bond motifs is 2. The minimum absolute atomic E-state index is 0.576. The lowest BCUT2D eigenvalue weighted by Crippen LogP contribution is -2.58. The molecule has 1 heterocycles. The average molecular weight is 263 g/mol. The Labute approximate surface area is 120 Å². The van der Waals surface area contributed by atoms with Gasteiger partial charge in [0.15, 0.2) is 0 Å². The van der Waals surface area contributed by atoms with Crippen LogP contribution in [-0.2, 0) is 0 Å². The van der Waals surface area contributed by atoms with Crippen LogP contribution in [0.5, 0.6) is 0 Å². The molecule has 1 heteroatoms. The van der Waals surface area contributed by atoms with Crippen LogP contribution < -0.4 is 0 Å². The highest BCUT2D eigenvalue weighted by Crippen LogP contribution is 2.51. The van der Waals surface area contributed by atoms with Crippen LogP contribution >= 0.6 is 0 Å². The van der Waals surface area contributed by atoms with Gasteiger partial charge in [0.1, 0.15) is 0 Å². The van der Waals surface area contributed by atoms with Crippen LogP contribution in [0.1, 0.15) is 72.6 Å². The van der Waals surface area contributed by atoms with E-state index in [0.29, 0.717) is 10.8 Å². The van der Waals surface area contributed by atoms with Crippen molar-refractivity contribution >= 4 is 0 Å². The maximum atomic E-state index is 2.82. The number of hydrogen-bond acceptors (Lipinski definition) is 1. The Kier molecular flexibility index (Phi) is 3.28. The van der Waals surface area contributed by atoms with Gasteiger partial charge < -0.3 is 0 Å². The van der Waals surface area contributed by atoms with Crippen LogP contribution in [0.2, 0.25) is 0 Å². The van der Waals surface area contributed by atoms with Crippen LogP contribution in [0.25, 0.3) is 0 Å². The van der Waals surface area contributed by atoms with E-state index in [1.54, 1.807) is 0 Å². The first kappa shape index (κ1) is 13.9. The maximum Gasteiger partial charge on any atom is 0.0129 e. The van der Waals surface area contributed by atoms with Gasteiger partial charge in [-0.15, -0.1) is 0 Å². The predicted molar refractivity (Wildman–Crippen MR) is 82.2 cm³/mol. The summed E-state index contributed by atoms with van der Waals surface area (Å²) in [6.45, 7) is 9.92. The summed E-state index contributed by atoms with van der Waals surface area (Å²) < 4.78 is 0. The molecule has 3 aliphatic rings. The van der Waals surface area contributed by atoms with Crippen molar-refractivity contribution in [1.29, 1.82) is 0 Å². The van der Waals surface area contributed by atoms with E-state index in [1.165, 1.54) is 44.9 Å². The topological polar surface area (TPSA) is 3.24 Å². The zero-order valence-corrected chi connectivity index (χ0v) is 13.7. The molecule has 110 valence electrons. The highest BCUT2D eigenvalue weighted by atomic mass is 15.2. The monoisotopic (exact) mass is 263 g/mol. The Bertz CT molecular complexity index is 312. The summed E-state index contributed by atoms with van der Waals surface area (Å²) in [6, 6.07) is 1.75. The average Bonchev–Trinajstić information content (AvgIpc) is 2.30. The summed E-state index contributed by atoms with van der Waals surface area (Å²) in [7, 11) is 2.44. The first-order chi connectivity index (χ1) is 8.77. The predicted octanol–water partition coefficient (Wildman–Crippen LogP) is 4.71. The van der Waals surface area contributed by atoms with Gasteiger partial charge >= 0.3 is 0 Å². The van der Waals surface area contributed by atoms with Crippen LogP contribution in [-0.4, -0.2) is 24.0 Å². The van der Waals surface area contributed by atoms with Crippen molar-refractivity contribution in [3.8, 4) is 0 Å². The largest absolute Gasteiger partial charge is 0.300 e. The number of nitrogens with zero attached hydrogens (tertiary/aromatic N) is 1. The molecule has 0 aromatic heterocycles. The van der Waals surface area contributed by atoms with Gasteiger partial charge in [-0.2, -0.15) is 0 Å². The molecule has 1 aliphatic heterocycles. The third-order valence-corrected chi connectivity index (χ3v) is 6.65. The molecule has 1 nitrogen and oxygen atoms in total. The van der Waals surface area contributed by atoms with E-state index >= 15 is 0 Å². The molecule has 19 heavy (non-hydrogen) atoms. The van der Waals surface area contributed by atoms with Crippen molar-refractivity contribution in [2.24, 2.45) is 22.7 Å². The van der Waals surface area contributed by atoms with Crippen LogP contribution in [0, 0.1) is 22.7 Å². The summed E-state index contributed by atoms with van der Waals surface area (Å²) in [4.78, 5) is 2.82. The third kappa shape index (κ3) is 2.60. The molecule has 3 fully saturated rings. The number of rotatable bonds is 0. The second-order valence-corrected chi connectivity index (χ2v) is 9.37. The van der Waals surface area contributed by atoms with E-state index < -0.39 is 0 Å². The Balaban J connectivity index is 1.78. The summed E-state index contributed by atoms with van der Waals surface area (Å²) >= 11 is 0. The molecule has 2 aliphatic carbocycles. The highest BCUT2D eigenvalue weighted by Gasteiger charge is 2.48. The fourth-order valence-corrected chi connectivity index (χ4v) is 5.34. The SMILES string of the molecule is CN1[C@H]2CC(C)(C)CC[C@H]2C[C@@H]2CCC(C)(C)C[C@@H]21. The van der Waals surface area contributed by atoms with Crippen molar-refractivity contribution in [3.05, 3.63) is 0 Å².